The topological polar surface area (TPSA) is 51.4 Å². The maximum Gasteiger partial charge on any atom is 0.0608 e. The van der Waals surface area contributed by atoms with Gasteiger partial charge in [-0.15, -0.1) is 0 Å². The lowest BCUT2D eigenvalue weighted by Crippen LogP contribution is -2.37. The average Bonchev–Trinajstić information content (AvgIpc) is 2.40. The van der Waals surface area contributed by atoms with Gasteiger partial charge in [0.15, 0.2) is 0 Å². The molecule has 4 nitrogen and oxygen atoms in total. The predicted octanol–water partition coefficient (Wildman–Crippen LogP) is 1.55. The van der Waals surface area contributed by atoms with Gasteiger partial charge in [-0.2, -0.15) is 0 Å². The van der Waals surface area contributed by atoms with Gasteiger partial charge in [0.25, 0.3) is 0 Å². The van der Waals surface area contributed by atoms with Crippen molar-refractivity contribution in [3.8, 4) is 0 Å². The summed E-state index contributed by atoms with van der Waals surface area (Å²) in [6, 6.07) is 4.14. The molecule has 0 aliphatic carbocycles. The Morgan fingerprint density at radius 3 is 2.88 bits per heavy atom. The molecule has 0 atom stereocenters. The second-order valence-corrected chi connectivity index (χ2v) is 4.35. The van der Waals surface area contributed by atoms with Crippen molar-refractivity contribution in [3.63, 3.8) is 0 Å². The maximum absolute atomic E-state index is 5.65. The number of hydrogen-bond acceptors (Lipinski definition) is 4. The van der Waals surface area contributed by atoms with Gasteiger partial charge in [0.05, 0.1) is 11.8 Å². The van der Waals surface area contributed by atoms with Crippen molar-refractivity contribution in [1.82, 2.24) is 4.98 Å². The van der Waals surface area contributed by atoms with Crippen molar-refractivity contribution in [2.75, 3.05) is 24.6 Å². The molecule has 1 saturated heterocycles. The smallest absolute Gasteiger partial charge is 0.0608 e. The van der Waals surface area contributed by atoms with Gasteiger partial charge in [0.2, 0.25) is 0 Å². The molecule has 0 spiro atoms. The molecular weight excluding hydrogens is 214 g/mol. The van der Waals surface area contributed by atoms with Crippen LogP contribution in [0.15, 0.2) is 18.3 Å². The van der Waals surface area contributed by atoms with Crippen LogP contribution in [-0.4, -0.2) is 30.8 Å². The number of pyridine rings is 1. The summed E-state index contributed by atoms with van der Waals surface area (Å²) >= 11 is 0. The Morgan fingerprint density at radius 2 is 2.24 bits per heavy atom. The Bertz CT molecular complexity index is 348. The van der Waals surface area contributed by atoms with Gasteiger partial charge in [-0.1, -0.05) is 0 Å². The Morgan fingerprint density at radius 1 is 1.47 bits per heavy atom. The van der Waals surface area contributed by atoms with E-state index in [1.165, 1.54) is 5.69 Å². The SMILES string of the molecule is CCOC1CCN(c2ccnc(CN)c2)CC1. The fourth-order valence-corrected chi connectivity index (χ4v) is 2.29. The van der Waals surface area contributed by atoms with Crippen LogP contribution in [0, 0.1) is 0 Å². The molecular formula is C13H21N3O. The second kappa shape index (κ2) is 5.98. The highest BCUT2D eigenvalue weighted by molar-refractivity contribution is 5.46. The minimum absolute atomic E-state index is 0.437. The molecule has 1 aliphatic rings. The summed E-state index contributed by atoms with van der Waals surface area (Å²) in [5.41, 5.74) is 7.79. The fourth-order valence-electron chi connectivity index (χ4n) is 2.29. The molecule has 94 valence electrons. The molecule has 0 saturated carbocycles. The molecule has 0 bridgehead atoms. The van der Waals surface area contributed by atoms with Crippen molar-refractivity contribution < 1.29 is 4.74 Å². The number of nitrogens with two attached hydrogens (primary N) is 1. The predicted molar refractivity (Wildman–Crippen MR) is 69.0 cm³/mol. The van der Waals surface area contributed by atoms with E-state index in [4.69, 9.17) is 10.5 Å². The van der Waals surface area contributed by atoms with Gasteiger partial charge in [-0.25, -0.2) is 0 Å². The van der Waals surface area contributed by atoms with Gasteiger partial charge < -0.3 is 15.4 Å². The highest BCUT2D eigenvalue weighted by Gasteiger charge is 2.19. The molecule has 1 aliphatic heterocycles. The number of nitrogens with zero attached hydrogens (tertiary/aromatic N) is 2. The van der Waals surface area contributed by atoms with E-state index in [9.17, 15) is 0 Å². The van der Waals surface area contributed by atoms with Crippen LogP contribution in [0.4, 0.5) is 5.69 Å². The summed E-state index contributed by atoms with van der Waals surface area (Å²) in [7, 11) is 0. The van der Waals surface area contributed by atoms with Crippen LogP contribution >= 0.6 is 0 Å². The van der Waals surface area contributed by atoms with Crippen LogP contribution in [0.1, 0.15) is 25.5 Å². The van der Waals surface area contributed by atoms with Crippen molar-refractivity contribution in [1.29, 1.82) is 0 Å². The molecule has 0 amide bonds. The van der Waals surface area contributed by atoms with Crippen molar-refractivity contribution in [2.24, 2.45) is 5.73 Å². The minimum Gasteiger partial charge on any atom is -0.378 e. The van der Waals surface area contributed by atoms with Crippen LogP contribution in [-0.2, 0) is 11.3 Å². The highest BCUT2D eigenvalue weighted by Crippen LogP contribution is 2.21. The summed E-state index contributed by atoms with van der Waals surface area (Å²) in [5, 5.41) is 0. The third-order valence-corrected chi connectivity index (χ3v) is 3.22. The van der Waals surface area contributed by atoms with E-state index in [0.717, 1.165) is 38.2 Å². The molecule has 0 radical (unpaired) electrons. The largest absolute Gasteiger partial charge is 0.378 e. The lowest BCUT2D eigenvalue weighted by atomic mass is 10.1. The van der Waals surface area contributed by atoms with Gasteiger partial charge in [0, 0.05) is 38.1 Å². The molecule has 1 aromatic heterocycles. The zero-order chi connectivity index (χ0) is 12.1. The zero-order valence-electron chi connectivity index (χ0n) is 10.4. The van der Waals surface area contributed by atoms with Gasteiger partial charge in [-0.3, -0.25) is 4.98 Å². The van der Waals surface area contributed by atoms with E-state index >= 15 is 0 Å². The number of aromatic nitrogens is 1. The third-order valence-electron chi connectivity index (χ3n) is 3.22. The van der Waals surface area contributed by atoms with Crippen LogP contribution in [0.25, 0.3) is 0 Å². The molecule has 4 heteroatoms. The lowest BCUT2D eigenvalue weighted by Gasteiger charge is -2.33. The normalized spacial score (nSPS) is 17.4. The van der Waals surface area contributed by atoms with E-state index < -0.39 is 0 Å². The summed E-state index contributed by atoms with van der Waals surface area (Å²) < 4.78 is 5.65. The van der Waals surface area contributed by atoms with E-state index in [1.54, 1.807) is 0 Å². The monoisotopic (exact) mass is 235 g/mol. The number of piperidine rings is 1. The standard InChI is InChI=1S/C13H21N3O/c1-2-17-13-4-7-16(8-5-13)12-3-6-15-11(9-12)10-14/h3,6,9,13H,2,4-5,7-8,10,14H2,1H3. The van der Waals surface area contributed by atoms with E-state index in [-0.39, 0.29) is 0 Å². The van der Waals surface area contributed by atoms with Crippen molar-refractivity contribution >= 4 is 5.69 Å². The Labute approximate surface area is 103 Å². The van der Waals surface area contributed by atoms with E-state index in [2.05, 4.69) is 28.9 Å². The average molecular weight is 235 g/mol. The molecule has 0 aromatic carbocycles. The van der Waals surface area contributed by atoms with E-state index in [0.29, 0.717) is 12.6 Å². The first-order valence-electron chi connectivity index (χ1n) is 6.35. The Kier molecular flexibility index (Phi) is 4.34. The molecule has 2 rings (SSSR count). The number of hydrogen-bond donors (Lipinski definition) is 1. The quantitative estimate of drug-likeness (QED) is 0.860. The lowest BCUT2D eigenvalue weighted by molar-refractivity contribution is 0.0459. The Balaban J connectivity index is 1.95. The molecule has 2 N–H and O–H groups in total. The van der Waals surface area contributed by atoms with Crippen LogP contribution < -0.4 is 10.6 Å². The summed E-state index contributed by atoms with van der Waals surface area (Å²) in [5.74, 6) is 0. The second-order valence-electron chi connectivity index (χ2n) is 4.35. The first-order chi connectivity index (χ1) is 8.33. The van der Waals surface area contributed by atoms with Crippen molar-refractivity contribution in [2.45, 2.75) is 32.4 Å². The van der Waals surface area contributed by atoms with Crippen LogP contribution in [0.2, 0.25) is 0 Å². The minimum atomic E-state index is 0.437. The number of ether oxygens (including phenoxy) is 1. The van der Waals surface area contributed by atoms with E-state index in [1.807, 2.05) is 6.20 Å². The van der Waals surface area contributed by atoms with Crippen molar-refractivity contribution in [3.05, 3.63) is 24.0 Å². The molecule has 1 aromatic rings. The van der Waals surface area contributed by atoms with Gasteiger partial charge >= 0.3 is 0 Å². The molecule has 2 heterocycles. The fraction of sp³-hybridized carbons (Fsp3) is 0.615. The Hall–Kier alpha value is -1.13. The van der Waals surface area contributed by atoms with Crippen LogP contribution in [0.5, 0.6) is 0 Å². The van der Waals surface area contributed by atoms with Gasteiger partial charge in [0.1, 0.15) is 0 Å². The first-order valence-corrected chi connectivity index (χ1v) is 6.35. The summed E-state index contributed by atoms with van der Waals surface area (Å²) in [6.07, 6.45) is 4.49. The summed E-state index contributed by atoms with van der Waals surface area (Å²) in [6.45, 7) is 5.49. The first kappa shape index (κ1) is 12.3. The zero-order valence-corrected chi connectivity index (χ0v) is 10.4. The van der Waals surface area contributed by atoms with Gasteiger partial charge in [-0.05, 0) is 31.9 Å². The number of rotatable bonds is 4. The third kappa shape index (κ3) is 3.17. The summed E-state index contributed by atoms with van der Waals surface area (Å²) in [4.78, 5) is 6.61. The highest BCUT2D eigenvalue weighted by atomic mass is 16.5. The molecule has 0 unspecified atom stereocenters. The molecule has 1 fully saturated rings. The van der Waals surface area contributed by atoms with Crippen LogP contribution in [0.3, 0.4) is 0 Å². The number of anilines is 1. The maximum atomic E-state index is 5.65. The molecule has 17 heavy (non-hydrogen) atoms.